The molecule has 0 radical (unpaired) electrons. The number of carbonyl (C=O) groups excluding carboxylic acids is 1. The molecule has 1 amide bonds. The van der Waals surface area contributed by atoms with E-state index in [1.54, 1.807) is 0 Å². The molecule has 0 fully saturated rings. The molecule has 0 aliphatic carbocycles. The lowest BCUT2D eigenvalue weighted by molar-refractivity contribution is 0.0705. The van der Waals surface area contributed by atoms with Gasteiger partial charge in [0.15, 0.2) is 5.82 Å². The minimum absolute atomic E-state index is 0.240. The van der Waals surface area contributed by atoms with Crippen LogP contribution in [0, 0.1) is 5.82 Å². The zero-order valence-corrected chi connectivity index (χ0v) is 14.6. The van der Waals surface area contributed by atoms with Gasteiger partial charge in [-0.15, -0.1) is 0 Å². The van der Waals surface area contributed by atoms with Crippen LogP contribution in [0.1, 0.15) is 17.3 Å². The molecule has 0 aliphatic rings. The van der Waals surface area contributed by atoms with Gasteiger partial charge in [0, 0.05) is 35.4 Å². The number of hydrogen-bond acceptors (Lipinski definition) is 4. The first-order valence-corrected chi connectivity index (χ1v) is 9.05. The lowest BCUT2D eigenvalue weighted by atomic mass is 10.2. The van der Waals surface area contributed by atoms with Gasteiger partial charge in [-0.2, -0.15) is 0 Å². The van der Waals surface area contributed by atoms with Gasteiger partial charge in [-0.1, -0.05) is 15.9 Å². The number of carbonyl (C=O) groups is 1. The van der Waals surface area contributed by atoms with Gasteiger partial charge >= 0.3 is 0 Å². The minimum Gasteiger partial charge on any atom is -0.380 e. The van der Waals surface area contributed by atoms with Crippen LogP contribution < -0.4 is 0 Å². The Labute approximate surface area is 135 Å². The molecular formula is C12H14BrClFNO4S. The van der Waals surface area contributed by atoms with E-state index in [4.69, 9.17) is 15.4 Å². The van der Waals surface area contributed by atoms with Crippen LogP contribution in [0.5, 0.6) is 0 Å². The molecule has 1 rings (SSSR count). The lowest BCUT2D eigenvalue weighted by Crippen LogP contribution is -2.31. The van der Waals surface area contributed by atoms with Crippen LogP contribution >= 0.6 is 26.6 Å². The van der Waals surface area contributed by atoms with Gasteiger partial charge in [-0.05, 0) is 19.1 Å². The molecule has 0 aliphatic heterocycles. The summed E-state index contributed by atoms with van der Waals surface area (Å²) in [4.78, 5) is 12.7. The van der Waals surface area contributed by atoms with Crippen molar-refractivity contribution in [3.05, 3.63) is 28.0 Å². The van der Waals surface area contributed by atoms with Gasteiger partial charge in [0.1, 0.15) is 4.90 Å². The molecule has 0 aromatic heterocycles. The van der Waals surface area contributed by atoms with E-state index < -0.39 is 25.7 Å². The van der Waals surface area contributed by atoms with E-state index in [1.807, 2.05) is 6.92 Å². The highest BCUT2D eigenvalue weighted by Crippen LogP contribution is 2.27. The van der Waals surface area contributed by atoms with Crippen molar-refractivity contribution in [2.45, 2.75) is 11.8 Å². The van der Waals surface area contributed by atoms with E-state index in [1.165, 1.54) is 18.0 Å². The maximum absolute atomic E-state index is 14.2. The molecule has 0 unspecified atom stereocenters. The van der Waals surface area contributed by atoms with Gasteiger partial charge in [0.05, 0.1) is 12.2 Å². The number of hydrogen-bond donors (Lipinski definition) is 0. The molecule has 0 saturated heterocycles. The van der Waals surface area contributed by atoms with Crippen molar-refractivity contribution < 1.29 is 22.3 Å². The molecule has 0 N–H and O–H groups in total. The zero-order valence-electron chi connectivity index (χ0n) is 11.4. The van der Waals surface area contributed by atoms with E-state index in [-0.39, 0.29) is 16.6 Å². The van der Waals surface area contributed by atoms with Gasteiger partial charge in [-0.3, -0.25) is 4.79 Å². The van der Waals surface area contributed by atoms with E-state index in [9.17, 15) is 17.6 Å². The Bertz CT molecular complexity index is 638. The predicted octanol–water partition coefficient (Wildman–Crippen LogP) is 2.62. The Morgan fingerprint density at radius 1 is 1.48 bits per heavy atom. The third-order valence-electron chi connectivity index (χ3n) is 2.62. The molecule has 0 heterocycles. The van der Waals surface area contributed by atoms with Crippen LogP contribution in [0.2, 0.25) is 0 Å². The molecule has 0 saturated carbocycles. The Morgan fingerprint density at radius 3 is 2.62 bits per heavy atom. The summed E-state index contributed by atoms with van der Waals surface area (Å²) in [5.74, 6) is -1.82. The van der Waals surface area contributed by atoms with E-state index in [0.29, 0.717) is 13.2 Å². The van der Waals surface area contributed by atoms with Crippen molar-refractivity contribution in [3.8, 4) is 0 Å². The van der Waals surface area contributed by atoms with Gasteiger partial charge < -0.3 is 9.64 Å². The van der Waals surface area contributed by atoms with E-state index in [2.05, 4.69) is 15.9 Å². The number of likely N-dealkylation sites (N-methyl/N-ethyl adjacent to an activating group) is 1. The summed E-state index contributed by atoms with van der Waals surface area (Å²) >= 11 is 3.04. The van der Waals surface area contributed by atoms with E-state index in [0.717, 1.165) is 6.07 Å². The highest BCUT2D eigenvalue weighted by molar-refractivity contribution is 9.10. The van der Waals surface area contributed by atoms with Crippen LogP contribution in [0.4, 0.5) is 4.39 Å². The Hall–Kier alpha value is -0.700. The summed E-state index contributed by atoms with van der Waals surface area (Å²) in [7, 11) is 2.34. The van der Waals surface area contributed by atoms with Gasteiger partial charge in [0.2, 0.25) is 0 Å². The number of benzene rings is 1. The molecule has 1 aromatic rings. The van der Waals surface area contributed by atoms with Gasteiger partial charge in [0.25, 0.3) is 15.0 Å². The van der Waals surface area contributed by atoms with Crippen molar-refractivity contribution in [2.24, 2.45) is 0 Å². The van der Waals surface area contributed by atoms with Crippen LogP contribution in [-0.2, 0) is 13.8 Å². The summed E-state index contributed by atoms with van der Waals surface area (Å²) in [5, 5.41) is 0. The molecule has 21 heavy (non-hydrogen) atoms. The monoisotopic (exact) mass is 401 g/mol. The molecule has 1 aromatic carbocycles. The zero-order chi connectivity index (χ0) is 16.2. The maximum Gasteiger partial charge on any atom is 0.264 e. The van der Waals surface area contributed by atoms with Crippen molar-refractivity contribution >= 4 is 41.6 Å². The number of nitrogens with zero attached hydrogens (tertiary/aromatic N) is 1. The summed E-state index contributed by atoms with van der Waals surface area (Å²) in [6.45, 7) is 2.87. The number of ether oxygens (including phenoxy) is 1. The largest absolute Gasteiger partial charge is 0.380 e. The molecule has 5 nitrogen and oxygen atoms in total. The molecule has 0 atom stereocenters. The first kappa shape index (κ1) is 18.3. The normalized spacial score (nSPS) is 11.5. The second kappa shape index (κ2) is 7.53. The summed E-state index contributed by atoms with van der Waals surface area (Å²) in [6, 6.07) is 2.22. The van der Waals surface area contributed by atoms with Crippen molar-refractivity contribution in [3.63, 3.8) is 0 Å². The fraction of sp³-hybridized carbons (Fsp3) is 0.417. The molecule has 118 valence electrons. The van der Waals surface area contributed by atoms with Crippen LogP contribution in [0.3, 0.4) is 0 Å². The SMILES string of the molecule is CCOCCN(C)C(=O)c1cc(Br)cc(S(=O)(=O)Cl)c1F. The highest BCUT2D eigenvalue weighted by Gasteiger charge is 2.25. The summed E-state index contributed by atoms with van der Waals surface area (Å²) in [5.41, 5.74) is -0.373. The van der Waals surface area contributed by atoms with Gasteiger partial charge in [-0.25, -0.2) is 12.8 Å². The lowest BCUT2D eigenvalue weighted by Gasteiger charge is -2.18. The fourth-order valence-corrected chi connectivity index (χ4v) is 3.09. The van der Waals surface area contributed by atoms with Crippen molar-refractivity contribution in [2.75, 3.05) is 26.8 Å². The van der Waals surface area contributed by atoms with Crippen molar-refractivity contribution in [1.82, 2.24) is 4.90 Å². The predicted molar refractivity (Wildman–Crippen MR) is 80.6 cm³/mol. The van der Waals surface area contributed by atoms with Crippen LogP contribution in [0.25, 0.3) is 0 Å². The van der Waals surface area contributed by atoms with Crippen LogP contribution in [-0.4, -0.2) is 46.0 Å². The molecule has 0 bridgehead atoms. The average Bonchev–Trinajstić information content (AvgIpc) is 2.39. The minimum atomic E-state index is -4.29. The number of halogens is 3. The smallest absolute Gasteiger partial charge is 0.264 e. The number of rotatable bonds is 6. The number of amides is 1. The summed E-state index contributed by atoms with van der Waals surface area (Å²) < 4.78 is 42.2. The third-order valence-corrected chi connectivity index (χ3v) is 4.40. The third kappa shape index (κ3) is 4.91. The fourth-order valence-electron chi connectivity index (χ4n) is 1.55. The molecule has 9 heteroatoms. The second-order valence-corrected chi connectivity index (χ2v) is 7.58. The van der Waals surface area contributed by atoms with Crippen LogP contribution in [0.15, 0.2) is 21.5 Å². The Morgan fingerprint density at radius 2 is 2.10 bits per heavy atom. The molecule has 0 spiro atoms. The first-order valence-electron chi connectivity index (χ1n) is 5.95. The molecular weight excluding hydrogens is 389 g/mol. The highest BCUT2D eigenvalue weighted by atomic mass is 79.9. The Balaban J connectivity index is 3.13. The quantitative estimate of drug-likeness (QED) is 0.542. The van der Waals surface area contributed by atoms with E-state index >= 15 is 0 Å². The maximum atomic E-state index is 14.2. The Kier molecular flexibility index (Phi) is 6.58. The average molecular weight is 403 g/mol. The second-order valence-electron chi connectivity index (χ2n) is 4.13. The first-order chi connectivity index (χ1) is 9.68. The summed E-state index contributed by atoms with van der Waals surface area (Å²) in [6.07, 6.45) is 0. The topological polar surface area (TPSA) is 63.7 Å². The standard InChI is InChI=1S/C12H14BrClFNO4S/c1-3-20-5-4-16(2)12(17)9-6-8(13)7-10(11(9)15)21(14,18)19/h6-7H,3-5H2,1-2H3. The van der Waals surface area contributed by atoms with Crippen molar-refractivity contribution in [1.29, 1.82) is 0 Å².